The predicted molar refractivity (Wildman–Crippen MR) is 49.7 cm³/mol. The van der Waals surface area contributed by atoms with Gasteiger partial charge in [0, 0.05) is 0 Å². The lowest BCUT2D eigenvalue weighted by atomic mass is 10.0. The van der Waals surface area contributed by atoms with Crippen LogP contribution < -0.4 is 5.32 Å². The van der Waals surface area contributed by atoms with Gasteiger partial charge in [-0.25, -0.2) is 4.98 Å². The molecule has 1 aliphatic heterocycles. The number of carbonyl (C=O) groups is 1. The summed E-state index contributed by atoms with van der Waals surface area (Å²) < 4.78 is 0. The Morgan fingerprint density at radius 3 is 2.85 bits per heavy atom. The van der Waals surface area contributed by atoms with Crippen molar-refractivity contribution in [3.05, 3.63) is 28.5 Å². The number of aromatic nitrogens is 1. The van der Waals surface area contributed by atoms with E-state index in [9.17, 15) is 4.79 Å². The molecule has 0 spiro atoms. The fourth-order valence-electron chi connectivity index (χ4n) is 1.51. The molecule has 0 atom stereocenters. The van der Waals surface area contributed by atoms with Crippen LogP contribution in [0.3, 0.4) is 0 Å². The molecule has 1 aromatic rings. The van der Waals surface area contributed by atoms with Gasteiger partial charge in [0.25, 0.3) is 5.91 Å². The molecule has 0 radical (unpaired) electrons. The molecule has 4 heteroatoms. The van der Waals surface area contributed by atoms with Gasteiger partial charge >= 0.3 is 0 Å². The SMILES string of the molecule is CC1(C)NC(=O)c2ccc(Cl)nc21. The predicted octanol–water partition coefficient (Wildman–Crippen LogP) is 1.71. The standard InChI is InChI=1S/C9H9ClN2O/c1-9(2)7-5(8(13)12-9)3-4-6(10)11-7/h3-4H,1-2H3,(H,12,13). The number of carbonyl (C=O) groups excluding carboxylic acids is 1. The number of halogens is 1. The fourth-order valence-corrected chi connectivity index (χ4v) is 1.65. The van der Waals surface area contributed by atoms with Crippen molar-refractivity contribution in [3.8, 4) is 0 Å². The van der Waals surface area contributed by atoms with Crippen LogP contribution >= 0.6 is 11.6 Å². The van der Waals surface area contributed by atoms with Crippen molar-refractivity contribution in [2.75, 3.05) is 0 Å². The second-order valence-electron chi connectivity index (χ2n) is 3.61. The normalized spacial score (nSPS) is 18.2. The second kappa shape index (κ2) is 2.45. The number of nitrogens with zero attached hydrogens (tertiary/aromatic N) is 1. The van der Waals surface area contributed by atoms with E-state index in [0.717, 1.165) is 5.69 Å². The molecule has 0 saturated carbocycles. The molecule has 0 aliphatic carbocycles. The summed E-state index contributed by atoms with van der Waals surface area (Å²) >= 11 is 5.75. The van der Waals surface area contributed by atoms with E-state index in [4.69, 9.17) is 11.6 Å². The van der Waals surface area contributed by atoms with E-state index in [2.05, 4.69) is 10.3 Å². The van der Waals surface area contributed by atoms with Gasteiger partial charge in [0.2, 0.25) is 0 Å². The van der Waals surface area contributed by atoms with E-state index in [1.165, 1.54) is 0 Å². The number of pyridine rings is 1. The van der Waals surface area contributed by atoms with E-state index >= 15 is 0 Å². The monoisotopic (exact) mass is 196 g/mol. The third kappa shape index (κ3) is 1.20. The molecule has 0 aromatic carbocycles. The van der Waals surface area contributed by atoms with Crippen molar-refractivity contribution >= 4 is 17.5 Å². The first-order valence-electron chi connectivity index (χ1n) is 4.00. The van der Waals surface area contributed by atoms with Crippen molar-refractivity contribution in [1.29, 1.82) is 0 Å². The maximum atomic E-state index is 11.4. The summed E-state index contributed by atoms with van der Waals surface area (Å²) in [7, 11) is 0. The number of hydrogen-bond donors (Lipinski definition) is 1. The molecule has 13 heavy (non-hydrogen) atoms. The molecule has 3 nitrogen and oxygen atoms in total. The number of rotatable bonds is 0. The van der Waals surface area contributed by atoms with Crippen LogP contribution in [0.2, 0.25) is 5.15 Å². The first-order valence-corrected chi connectivity index (χ1v) is 4.38. The summed E-state index contributed by atoms with van der Waals surface area (Å²) in [5.41, 5.74) is 0.941. The Kier molecular flexibility index (Phi) is 1.60. The molecule has 1 aromatic heterocycles. The zero-order chi connectivity index (χ0) is 9.64. The van der Waals surface area contributed by atoms with Crippen LogP contribution in [-0.2, 0) is 5.54 Å². The molecular weight excluding hydrogens is 188 g/mol. The molecule has 0 saturated heterocycles. The van der Waals surface area contributed by atoms with Crippen LogP contribution in [0.25, 0.3) is 0 Å². The Morgan fingerprint density at radius 1 is 1.46 bits per heavy atom. The zero-order valence-corrected chi connectivity index (χ0v) is 8.14. The summed E-state index contributed by atoms with van der Waals surface area (Å²) in [6.45, 7) is 3.81. The van der Waals surface area contributed by atoms with Gasteiger partial charge in [-0.15, -0.1) is 0 Å². The van der Waals surface area contributed by atoms with Gasteiger partial charge in [-0.2, -0.15) is 0 Å². The molecule has 0 unspecified atom stereocenters. The molecule has 1 aliphatic rings. The van der Waals surface area contributed by atoms with E-state index in [1.54, 1.807) is 12.1 Å². The van der Waals surface area contributed by atoms with E-state index in [-0.39, 0.29) is 5.91 Å². The second-order valence-corrected chi connectivity index (χ2v) is 4.00. The highest BCUT2D eigenvalue weighted by Crippen LogP contribution is 2.29. The van der Waals surface area contributed by atoms with E-state index in [0.29, 0.717) is 10.7 Å². The average molecular weight is 197 g/mol. The van der Waals surface area contributed by atoms with Gasteiger partial charge in [-0.05, 0) is 26.0 Å². The third-order valence-electron chi connectivity index (χ3n) is 2.12. The smallest absolute Gasteiger partial charge is 0.253 e. The minimum Gasteiger partial charge on any atom is -0.341 e. The van der Waals surface area contributed by atoms with Crippen LogP contribution in [0.5, 0.6) is 0 Å². The summed E-state index contributed by atoms with van der Waals surface area (Å²) in [5.74, 6) is -0.0795. The van der Waals surface area contributed by atoms with E-state index < -0.39 is 5.54 Å². The van der Waals surface area contributed by atoms with Crippen LogP contribution in [-0.4, -0.2) is 10.9 Å². The molecule has 68 valence electrons. The number of amides is 1. The van der Waals surface area contributed by atoms with Crippen LogP contribution in [0.15, 0.2) is 12.1 Å². The van der Waals surface area contributed by atoms with Crippen molar-refractivity contribution in [2.24, 2.45) is 0 Å². The van der Waals surface area contributed by atoms with Crippen LogP contribution in [0, 0.1) is 0 Å². The third-order valence-corrected chi connectivity index (χ3v) is 2.33. The number of fused-ring (bicyclic) bond motifs is 1. The van der Waals surface area contributed by atoms with Gasteiger partial charge < -0.3 is 5.32 Å². The highest BCUT2D eigenvalue weighted by molar-refractivity contribution is 6.29. The summed E-state index contributed by atoms with van der Waals surface area (Å²) in [6, 6.07) is 3.33. The minimum absolute atomic E-state index is 0.0795. The quantitative estimate of drug-likeness (QED) is 0.642. The molecule has 2 heterocycles. The Hall–Kier alpha value is -1.09. The molecule has 2 rings (SSSR count). The summed E-state index contributed by atoms with van der Waals surface area (Å²) in [6.07, 6.45) is 0. The summed E-state index contributed by atoms with van der Waals surface area (Å²) in [4.78, 5) is 15.5. The first kappa shape index (κ1) is 8.51. The largest absolute Gasteiger partial charge is 0.341 e. The van der Waals surface area contributed by atoms with Gasteiger partial charge in [0.15, 0.2) is 0 Å². The molecule has 0 bridgehead atoms. The maximum absolute atomic E-state index is 11.4. The number of hydrogen-bond acceptors (Lipinski definition) is 2. The van der Waals surface area contributed by atoms with Crippen molar-refractivity contribution in [1.82, 2.24) is 10.3 Å². The van der Waals surface area contributed by atoms with E-state index in [1.807, 2.05) is 13.8 Å². The van der Waals surface area contributed by atoms with Crippen molar-refractivity contribution in [2.45, 2.75) is 19.4 Å². The molecule has 0 fully saturated rings. The zero-order valence-electron chi connectivity index (χ0n) is 7.39. The average Bonchev–Trinajstić information content (AvgIpc) is 2.23. The van der Waals surface area contributed by atoms with Gasteiger partial charge in [-0.1, -0.05) is 11.6 Å². The fraction of sp³-hybridized carbons (Fsp3) is 0.333. The topological polar surface area (TPSA) is 42.0 Å². The van der Waals surface area contributed by atoms with Crippen LogP contribution in [0.4, 0.5) is 0 Å². The maximum Gasteiger partial charge on any atom is 0.253 e. The lowest BCUT2D eigenvalue weighted by Gasteiger charge is -2.17. The van der Waals surface area contributed by atoms with Crippen molar-refractivity contribution < 1.29 is 4.79 Å². The van der Waals surface area contributed by atoms with Gasteiger partial charge in [0.1, 0.15) is 5.15 Å². The Balaban J connectivity index is 2.66. The number of nitrogens with one attached hydrogen (secondary N) is 1. The lowest BCUT2D eigenvalue weighted by molar-refractivity contribution is 0.0940. The molecule has 1 amide bonds. The van der Waals surface area contributed by atoms with Gasteiger partial charge in [0.05, 0.1) is 16.8 Å². The minimum atomic E-state index is -0.405. The summed E-state index contributed by atoms with van der Waals surface area (Å²) in [5, 5.41) is 3.25. The molecular formula is C9H9ClN2O. The van der Waals surface area contributed by atoms with Gasteiger partial charge in [-0.3, -0.25) is 4.79 Å². The Morgan fingerprint density at radius 2 is 2.15 bits per heavy atom. The highest BCUT2D eigenvalue weighted by Gasteiger charge is 2.36. The Labute approximate surface area is 81.1 Å². The molecule has 1 N–H and O–H groups in total. The van der Waals surface area contributed by atoms with Crippen LogP contribution in [0.1, 0.15) is 29.9 Å². The first-order chi connectivity index (χ1) is 6.00. The van der Waals surface area contributed by atoms with Crippen molar-refractivity contribution in [3.63, 3.8) is 0 Å². The Bertz CT molecular complexity index is 387. The lowest BCUT2D eigenvalue weighted by Crippen LogP contribution is -2.33. The highest BCUT2D eigenvalue weighted by atomic mass is 35.5.